The van der Waals surface area contributed by atoms with Crippen molar-refractivity contribution in [1.29, 1.82) is 0 Å². The van der Waals surface area contributed by atoms with Crippen LogP contribution >= 0.6 is 22.7 Å². The van der Waals surface area contributed by atoms with Crippen LogP contribution in [0.15, 0.2) is 23.6 Å². The molecule has 4 heteroatoms. The Hall–Kier alpha value is -0.680. The van der Waals surface area contributed by atoms with E-state index in [2.05, 4.69) is 49.3 Å². The molecule has 2 aromatic rings. The Kier molecular flexibility index (Phi) is 5.16. The molecule has 2 N–H and O–H groups in total. The van der Waals surface area contributed by atoms with Crippen LogP contribution in [0.3, 0.4) is 0 Å². The van der Waals surface area contributed by atoms with Gasteiger partial charge in [0.05, 0.1) is 0 Å². The van der Waals surface area contributed by atoms with Crippen LogP contribution in [0.25, 0.3) is 0 Å². The fourth-order valence-electron chi connectivity index (χ4n) is 2.09. The van der Waals surface area contributed by atoms with Gasteiger partial charge < -0.3 is 5.73 Å². The molecule has 0 aliphatic rings. The quantitative estimate of drug-likeness (QED) is 0.873. The van der Waals surface area contributed by atoms with Crippen LogP contribution in [-0.2, 0) is 19.6 Å². The molecule has 0 aliphatic heterocycles. The van der Waals surface area contributed by atoms with E-state index >= 15 is 0 Å². The monoisotopic (exact) mass is 294 g/mol. The van der Waals surface area contributed by atoms with Crippen molar-refractivity contribution in [3.05, 3.63) is 43.8 Å². The predicted octanol–water partition coefficient (Wildman–Crippen LogP) is 3.99. The molecule has 0 aromatic carbocycles. The van der Waals surface area contributed by atoms with Gasteiger partial charge in [0.25, 0.3) is 0 Å². The normalized spacial score (nSPS) is 11.7. The maximum atomic E-state index is 5.73. The molecule has 2 rings (SSSR count). The molecule has 0 saturated carbocycles. The van der Waals surface area contributed by atoms with Crippen LogP contribution in [0.2, 0.25) is 0 Å². The van der Waals surface area contributed by atoms with Gasteiger partial charge in [-0.25, -0.2) is 0 Å². The molecule has 0 fully saturated rings. The summed E-state index contributed by atoms with van der Waals surface area (Å²) < 4.78 is 0. The third-order valence-electron chi connectivity index (χ3n) is 3.32. The molecule has 0 bridgehead atoms. The van der Waals surface area contributed by atoms with Gasteiger partial charge >= 0.3 is 0 Å². The van der Waals surface area contributed by atoms with E-state index in [1.165, 1.54) is 20.2 Å². The Balaban J connectivity index is 2.09. The first-order valence-electron chi connectivity index (χ1n) is 6.65. The lowest BCUT2D eigenvalue weighted by Crippen LogP contribution is -2.29. The molecule has 2 aromatic heterocycles. The zero-order chi connectivity index (χ0) is 13.8. The number of hydrogen-bond acceptors (Lipinski definition) is 4. The van der Waals surface area contributed by atoms with Gasteiger partial charge in [-0.15, -0.1) is 22.7 Å². The Labute approximate surface area is 123 Å². The highest BCUT2D eigenvalue weighted by atomic mass is 32.1. The molecule has 0 spiro atoms. The van der Waals surface area contributed by atoms with Gasteiger partial charge in [0.2, 0.25) is 0 Å². The first-order valence-corrected chi connectivity index (χ1v) is 8.34. The Morgan fingerprint density at radius 1 is 1.26 bits per heavy atom. The summed E-state index contributed by atoms with van der Waals surface area (Å²) >= 11 is 3.66. The van der Waals surface area contributed by atoms with Crippen molar-refractivity contribution in [2.45, 2.75) is 46.4 Å². The van der Waals surface area contributed by atoms with E-state index < -0.39 is 0 Å². The average molecular weight is 294 g/mol. The van der Waals surface area contributed by atoms with E-state index in [1.807, 2.05) is 22.7 Å². The molecular formula is C15H22N2S2. The number of nitrogens with two attached hydrogens (primary N) is 1. The molecule has 2 nitrogen and oxygen atoms in total. The molecule has 0 unspecified atom stereocenters. The average Bonchev–Trinajstić information content (AvgIpc) is 2.99. The highest BCUT2D eigenvalue weighted by Gasteiger charge is 2.14. The Bertz CT molecular complexity index is 500. The molecule has 0 aliphatic carbocycles. The maximum Gasteiger partial charge on any atom is 0.0334 e. The summed E-state index contributed by atoms with van der Waals surface area (Å²) in [5.41, 5.74) is 7.16. The van der Waals surface area contributed by atoms with Gasteiger partial charge in [-0.05, 0) is 43.8 Å². The van der Waals surface area contributed by atoms with E-state index in [0.717, 1.165) is 13.1 Å². The lowest BCUT2D eigenvalue weighted by atomic mass is 10.2. The summed E-state index contributed by atoms with van der Waals surface area (Å²) in [4.78, 5) is 6.63. The van der Waals surface area contributed by atoms with Gasteiger partial charge in [-0.1, -0.05) is 6.07 Å². The summed E-state index contributed by atoms with van der Waals surface area (Å²) in [6.07, 6.45) is 0. The van der Waals surface area contributed by atoms with Crippen molar-refractivity contribution < 1.29 is 0 Å². The van der Waals surface area contributed by atoms with E-state index in [-0.39, 0.29) is 0 Å². The molecular weight excluding hydrogens is 272 g/mol. The third kappa shape index (κ3) is 3.89. The smallest absolute Gasteiger partial charge is 0.0334 e. The topological polar surface area (TPSA) is 29.3 Å². The number of aryl methyl sites for hydroxylation is 1. The van der Waals surface area contributed by atoms with Gasteiger partial charge in [-0.3, -0.25) is 4.90 Å². The lowest BCUT2D eigenvalue weighted by molar-refractivity contribution is 0.205. The number of rotatable bonds is 6. The summed E-state index contributed by atoms with van der Waals surface area (Å²) in [6, 6.07) is 7.15. The van der Waals surface area contributed by atoms with Crippen molar-refractivity contribution in [1.82, 2.24) is 4.90 Å². The van der Waals surface area contributed by atoms with E-state index in [0.29, 0.717) is 12.6 Å². The number of hydrogen-bond donors (Lipinski definition) is 1. The minimum absolute atomic E-state index is 0.544. The third-order valence-corrected chi connectivity index (χ3v) is 5.29. The zero-order valence-corrected chi connectivity index (χ0v) is 13.5. The van der Waals surface area contributed by atoms with Crippen molar-refractivity contribution >= 4 is 22.7 Å². The summed E-state index contributed by atoms with van der Waals surface area (Å²) in [6.45, 7) is 9.42. The van der Waals surface area contributed by atoms with Gasteiger partial charge in [0.1, 0.15) is 0 Å². The second-order valence-electron chi connectivity index (χ2n) is 5.08. The van der Waals surface area contributed by atoms with E-state index in [1.54, 1.807) is 0 Å². The largest absolute Gasteiger partial charge is 0.326 e. The van der Waals surface area contributed by atoms with Gasteiger partial charge in [0.15, 0.2) is 0 Å². The van der Waals surface area contributed by atoms with E-state index in [9.17, 15) is 0 Å². The van der Waals surface area contributed by atoms with Crippen LogP contribution in [0, 0.1) is 6.92 Å². The highest BCUT2D eigenvalue weighted by molar-refractivity contribution is 7.12. The molecule has 0 amide bonds. The van der Waals surface area contributed by atoms with E-state index in [4.69, 9.17) is 5.73 Å². The van der Waals surface area contributed by atoms with Crippen molar-refractivity contribution in [3.8, 4) is 0 Å². The van der Waals surface area contributed by atoms with Gasteiger partial charge in [0, 0.05) is 40.3 Å². The molecule has 2 heterocycles. The Morgan fingerprint density at radius 2 is 2.05 bits per heavy atom. The molecule has 0 saturated heterocycles. The van der Waals surface area contributed by atoms with Crippen LogP contribution in [-0.4, -0.2) is 10.9 Å². The highest BCUT2D eigenvalue weighted by Crippen LogP contribution is 2.24. The van der Waals surface area contributed by atoms with Crippen LogP contribution < -0.4 is 5.73 Å². The lowest BCUT2D eigenvalue weighted by Gasteiger charge is -2.26. The molecule has 0 radical (unpaired) electrons. The van der Waals surface area contributed by atoms with Crippen molar-refractivity contribution in [2.75, 3.05) is 0 Å². The standard InChI is InChI=1S/C15H22N2S2/c1-11(2)17(10-14-5-4-6-18-14)9-13-7-15(8-16)19-12(13)3/h4-7,11H,8-10,16H2,1-3H3. The molecule has 104 valence electrons. The fraction of sp³-hybridized carbons (Fsp3) is 0.467. The zero-order valence-electron chi connectivity index (χ0n) is 11.8. The first-order chi connectivity index (χ1) is 9.10. The van der Waals surface area contributed by atoms with Crippen molar-refractivity contribution in [3.63, 3.8) is 0 Å². The predicted molar refractivity (Wildman–Crippen MR) is 85.6 cm³/mol. The fourth-order valence-corrected chi connectivity index (χ4v) is 3.75. The second-order valence-corrected chi connectivity index (χ2v) is 7.45. The van der Waals surface area contributed by atoms with Crippen LogP contribution in [0.4, 0.5) is 0 Å². The summed E-state index contributed by atoms with van der Waals surface area (Å²) in [7, 11) is 0. The minimum Gasteiger partial charge on any atom is -0.326 e. The second kappa shape index (κ2) is 6.66. The minimum atomic E-state index is 0.544. The van der Waals surface area contributed by atoms with Crippen molar-refractivity contribution in [2.24, 2.45) is 5.73 Å². The van der Waals surface area contributed by atoms with Crippen LogP contribution in [0.5, 0.6) is 0 Å². The summed E-state index contributed by atoms with van der Waals surface area (Å²) in [5, 5.41) is 2.15. The maximum absolute atomic E-state index is 5.73. The molecule has 0 atom stereocenters. The van der Waals surface area contributed by atoms with Crippen LogP contribution in [0.1, 0.15) is 34.0 Å². The Morgan fingerprint density at radius 3 is 2.58 bits per heavy atom. The number of nitrogens with zero attached hydrogens (tertiary/aromatic N) is 1. The summed E-state index contributed by atoms with van der Waals surface area (Å²) in [5.74, 6) is 0. The number of thiophene rings is 2. The first kappa shape index (κ1) is 14.7. The van der Waals surface area contributed by atoms with Gasteiger partial charge in [-0.2, -0.15) is 0 Å². The molecule has 19 heavy (non-hydrogen) atoms. The SMILES string of the molecule is Cc1sc(CN)cc1CN(Cc1cccs1)C(C)C.